The van der Waals surface area contributed by atoms with Crippen LogP contribution in [-0.2, 0) is 11.2 Å². The first-order valence-electron chi connectivity index (χ1n) is 8.30. The Kier molecular flexibility index (Phi) is 7.75. The quantitative estimate of drug-likeness (QED) is 0.689. The number of unbranched alkanes of at least 4 members (excludes halogenated alkanes) is 1. The smallest absolute Gasteiger partial charge is 0.318 e. The Morgan fingerprint density at radius 3 is 2.22 bits per heavy atom. The molecule has 0 fully saturated rings. The molecule has 0 saturated carbocycles. The van der Waals surface area contributed by atoms with Crippen molar-refractivity contribution in [3.8, 4) is 0 Å². The lowest BCUT2D eigenvalue weighted by atomic mass is 9.94. The summed E-state index contributed by atoms with van der Waals surface area (Å²) in [5.41, 5.74) is 7.46. The number of amides is 3. The zero-order valence-electron chi connectivity index (χ0n) is 14.6. The highest BCUT2D eigenvalue weighted by molar-refractivity contribution is 5.96. The minimum atomic E-state index is -0.829. The Labute approximate surface area is 139 Å². The Morgan fingerprint density at radius 1 is 1.13 bits per heavy atom. The van der Waals surface area contributed by atoms with Gasteiger partial charge in [-0.3, -0.25) is 15.4 Å². The second-order valence-electron chi connectivity index (χ2n) is 6.31. The van der Waals surface area contributed by atoms with E-state index in [9.17, 15) is 9.59 Å². The predicted octanol–water partition coefficient (Wildman–Crippen LogP) is 2.90. The average molecular weight is 319 g/mol. The molecule has 0 bridgehead atoms. The van der Waals surface area contributed by atoms with E-state index < -0.39 is 18.0 Å². The number of aryl methyl sites for hydroxylation is 1. The fourth-order valence-corrected chi connectivity index (χ4v) is 2.52. The number of hydrogen-bond acceptors (Lipinski definition) is 3. The van der Waals surface area contributed by atoms with Crippen LogP contribution in [0.15, 0.2) is 24.3 Å². The van der Waals surface area contributed by atoms with Crippen LogP contribution < -0.4 is 16.4 Å². The highest BCUT2D eigenvalue weighted by Crippen LogP contribution is 2.23. The normalized spacial score (nSPS) is 13.6. The first-order chi connectivity index (χ1) is 10.8. The van der Waals surface area contributed by atoms with E-state index in [4.69, 9.17) is 5.73 Å². The Hall–Kier alpha value is -1.88. The van der Waals surface area contributed by atoms with Crippen molar-refractivity contribution in [2.45, 2.75) is 59.0 Å². The third-order valence-electron chi connectivity index (χ3n) is 3.89. The maximum atomic E-state index is 11.8. The van der Waals surface area contributed by atoms with Gasteiger partial charge in [0, 0.05) is 6.04 Å². The molecular weight excluding hydrogens is 290 g/mol. The van der Waals surface area contributed by atoms with E-state index in [1.807, 2.05) is 0 Å². The standard InChI is InChI=1S/C18H29N3O2/c1-5-6-7-14-8-10-15(11-9-14)16(12(2)3)20-13(4)17(22)21-18(19)23/h8-13,16,20H,5-7H2,1-4H3,(H3,19,21,22,23)/t13-,16-/m0/s1. The third kappa shape index (κ3) is 6.40. The summed E-state index contributed by atoms with van der Waals surface area (Å²) >= 11 is 0. The summed E-state index contributed by atoms with van der Waals surface area (Å²) < 4.78 is 0. The zero-order chi connectivity index (χ0) is 17.4. The van der Waals surface area contributed by atoms with Crippen molar-refractivity contribution in [1.29, 1.82) is 0 Å². The monoisotopic (exact) mass is 319 g/mol. The van der Waals surface area contributed by atoms with Crippen LogP contribution in [0.3, 0.4) is 0 Å². The summed E-state index contributed by atoms with van der Waals surface area (Å²) in [5, 5.41) is 5.39. The predicted molar refractivity (Wildman–Crippen MR) is 93.0 cm³/mol. The maximum absolute atomic E-state index is 11.8. The molecule has 0 aliphatic rings. The number of carbonyl (C=O) groups is 2. The van der Waals surface area contributed by atoms with Crippen molar-refractivity contribution >= 4 is 11.9 Å². The molecular formula is C18H29N3O2. The van der Waals surface area contributed by atoms with Gasteiger partial charge in [-0.15, -0.1) is 0 Å². The van der Waals surface area contributed by atoms with E-state index in [-0.39, 0.29) is 6.04 Å². The molecule has 1 rings (SSSR count). The molecule has 0 radical (unpaired) electrons. The van der Waals surface area contributed by atoms with Crippen LogP contribution in [0.25, 0.3) is 0 Å². The van der Waals surface area contributed by atoms with Crippen LogP contribution in [0, 0.1) is 5.92 Å². The van der Waals surface area contributed by atoms with Crippen molar-refractivity contribution in [3.05, 3.63) is 35.4 Å². The van der Waals surface area contributed by atoms with E-state index >= 15 is 0 Å². The lowest BCUT2D eigenvalue weighted by molar-refractivity contribution is -0.121. The number of carbonyl (C=O) groups excluding carboxylic acids is 2. The summed E-state index contributed by atoms with van der Waals surface area (Å²) in [5.74, 6) is -0.108. The molecule has 3 amide bonds. The van der Waals surface area contributed by atoms with Crippen molar-refractivity contribution in [1.82, 2.24) is 10.6 Å². The van der Waals surface area contributed by atoms with Gasteiger partial charge in [-0.25, -0.2) is 4.79 Å². The molecule has 1 aromatic carbocycles. The topological polar surface area (TPSA) is 84.2 Å². The van der Waals surface area contributed by atoms with Crippen LogP contribution in [0.5, 0.6) is 0 Å². The number of hydrogen-bond donors (Lipinski definition) is 3. The number of rotatable bonds is 8. The Balaban J connectivity index is 2.78. The first kappa shape index (κ1) is 19.2. The molecule has 5 nitrogen and oxygen atoms in total. The number of imide groups is 1. The molecule has 0 heterocycles. The van der Waals surface area contributed by atoms with Crippen molar-refractivity contribution in [2.24, 2.45) is 11.7 Å². The summed E-state index contributed by atoms with van der Waals surface area (Å²) in [7, 11) is 0. The van der Waals surface area contributed by atoms with Gasteiger partial charge in [0.1, 0.15) is 0 Å². The van der Waals surface area contributed by atoms with Crippen molar-refractivity contribution in [2.75, 3.05) is 0 Å². The van der Waals surface area contributed by atoms with Crippen LogP contribution >= 0.6 is 0 Å². The zero-order valence-corrected chi connectivity index (χ0v) is 14.6. The molecule has 1 aromatic rings. The number of benzene rings is 1. The van der Waals surface area contributed by atoms with Gasteiger partial charge in [-0.2, -0.15) is 0 Å². The first-order valence-corrected chi connectivity index (χ1v) is 8.30. The molecule has 4 N–H and O–H groups in total. The third-order valence-corrected chi connectivity index (χ3v) is 3.89. The lowest BCUT2D eigenvalue weighted by Crippen LogP contribution is -2.48. The van der Waals surface area contributed by atoms with Gasteiger partial charge < -0.3 is 5.73 Å². The van der Waals surface area contributed by atoms with Gasteiger partial charge in [-0.1, -0.05) is 51.5 Å². The Morgan fingerprint density at radius 2 is 1.74 bits per heavy atom. The fourth-order valence-electron chi connectivity index (χ4n) is 2.52. The number of primary amides is 1. The molecule has 128 valence electrons. The lowest BCUT2D eigenvalue weighted by Gasteiger charge is -2.26. The summed E-state index contributed by atoms with van der Waals surface area (Å²) in [6.45, 7) is 8.11. The van der Waals surface area contributed by atoms with Crippen LogP contribution in [-0.4, -0.2) is 18.0 Å². The van der Waals surface area contributed by atoms with Gasteiger partial charge in [0.25, 0.3) is 0 Å². The van der Waals surface area contributed by atoms with Crippen LogP contribution in [0.4, 0.5) is 4.79 Å². The molecule has 0 aromatic heterocycles. The van der Waals surface area contributed by atoms with Crippen LogP contribution in [0.1, 0.15) is 57.7 Å². The van der Waals surface area contributed by atoms with Gasteiger partial charge in [0.2, 0.25) is 5.91 Å². The van der Waals surface area contributed by atoms with E-state index in [0.29, 0.717) is 5.92 Å². The van der Waals surface area contributed by atoms with Crippen molar-refractivity contribution in [3.63, 3.8) is 0 Å². The van der Waals surface area contributed by atoms with E-state index in [0.717, 1.165) is 12.0 Å². The minimum Gasteiger partial charge on any atom is -0.351 e. The molecule has 23 heavy (non-hydrogen) atoms. The molecule has 2 atom stereocenters. The summed E-state index contributed by atoms with van der Waals surface area (Å²) in [6.07, 6.45) is 3.47. The molecule has 0 unspecified atom stereocenters. The summed E-state index contributed by atoms with van der Waals surface area (Å²) in [6, 6.07) is 7.22. The van der Waals surface area contributed by atoms with E-state index in [1.54, 1.807) is 6.92 Å². The van der Waals surface area contributed by atoms with E-state index in [2.05, 4.69) is 55.7 Å². The Bertz CT molecular complexity index is 512. The van der Waals surface area contributed by atoms with Gasteiger partial charge >= 0.3 is 6.03 Å². The largest absolute Gasteiger partial charge is 0.351 e. The maximum Gasteiger partial charge on any atom is 0.318 e. The van der Waals surface area contributed by atoms with Gasteiger partial charge in [0.15, 0.2) is 0 Å². The highest BCUT2D eigenvalue weighted by Gasteiger charge is 2.22. The molecule has 5 heteroatoms. The van der Waals surface area contributed by atoms with Crippen LogP contribution in [0.2, 0.25) is 0 Å². The van der Waals surface area contributed by atoms with Gasteiger partial charge in [-0.05, 0) is 36.8 Å². The molecule has 0 saturated heterocycles. The minimum absolute atomic E-state index is 0.0313. The molecule has 0 spiro atoms. The number of nitrogens with one attached hydrogen (secondary N) is 2. The summed E-state index contributed by atoms with van der Waals surface area (Å²) in [4.78, 5) is 22.6. The highest BCUT2D eigenvalue weighted by atomic mass is 16.2. The van der Waals surface area contributed by atoms with E-state index in [1.165, 1.54) is 18.4 Å². The molecule has 0 aliphatic heterocycles. The van der Waals surface area contributed by atoms with Crippen molar-refractivity contribution < 1.29 is 9.59 Å². The SMILES string of the molecule is CCCCc1ccc([C@@H](N[C@@H](C)C(=O)NC(N)=O)C(C)C)cc1. The number of nitrogens with two attached hydrogens (primary N) is 1. The number of urea groups is 1. The second kappa shape index (κ2) is 9.30. The van der Waals surface area contributed by atoms with Gasteiger partial charge in [0.05, 0.1) is 6.04 Å². The average Bonchev–Trinajstić information content (AvgIpc) is 2.50. The molecule has 0 aliphatic carbocycles. The second-order valence-corrected chi connectivity index (χ2v) is 6.31. The fraction of sp³-hybridized carbons (Fsp3) is 0.556.